The average molecular weight is 491 g/mol. The van der Waals surface area contributed by atoms with Crippen molar-refractivity contribution in [2.45, 2.75) is 44.4 Å². The van der Waals surface area contributed by atoms with Crippen LogP contribution >= 0.6 is 24.0 Å². The summed E-state index contributed by atoms with van der Waals surface area (Å²) in [5, 5.41) is 6.64. The highest BCUT2D eigenvalue weighted by Gasteiger charge is 2.06. The van der Waals surface area contributed by atoms with Crippen molar-refractivity contribution < 1.29 is 8.42 Å². The number of sulfone groups is 1. The summed E-state index contributed by atoms with van der Waals surface area (Å²) in [5.41, 5.74) is 3.46. The predicted octanol–water partition coefficient (Wildman–Crippen LogP) is 3.40. The number of halogens is 1. The third-order valence-corrected chi connectivity index (χ3v) is 5.12. The van der Waals surface area contributed by atoms with Crippen LogP contribution in [0.3, 0.4) is 0 Å². The van der Waals surface area contributed by atoms with E-state index >= 15 is 0 Å². The standard InChI is InChI=1S/C19H29N3O2S.HI/c1-20-19(21-13-12-16-6-4-3-5-7-16)22-14-17-8-10-18(11-9-17)15-25(2,23)24;/h6,8-11H,3-5,7,12-15H2,1-2H3,(H2,20,21,22);1H. The van der Waals surface area contributed by atoms with Crippen molar-refractivity contribution in [2.24, 2.45) is 4.99 Å². The Hall–Kier alpha value is -1.09. The normalized spacial score (nSPS) is 15.0. The van der Waals surface area contributed by atoms with Gasteiger partial charge in [-0.2, -0.15) is 0 Å². The number of hydrogen-bond donors (Lipinski definition) is 2. The van der Waals surface area contributed by atoms with Crippen LogP contribution in [-0.4, -0.2) is 34.2 Å². The molecule has 2 rings (SSSR count). The summed E-state index contributed by atoms with van der Waals surface area (Å²) in [4.78, 5) is 4.25. The molecule has 7 heteroatoms. The van der Waals surface area contributed by atoms with E-state index in [1.807, 2.05) is 24.3 Å². The van der Waals surface area contributed by atoms with Crippen LogP contribution in [0.1, 0.15) is 43.2 Å². The molecule has 0 saturated heterocycles. The van der Waals surface area contributed by atoms with Crippen molar-refractivity contribution in [3.8, 4) is 0 Å². The van der Waals surface area contributed by atoms with E-state index in [1.54, 1.807) is 12.6 Å². The Morgan fingerprint density at radius 1 is 1.12 bits per heavy atom. The number of nitrogens with one attached hydrogen (secondary N) is 2. The van der Waals surface area contributed by atoms with Crippen LogP contribution in [0.5, 0.6) is 0 Å². The highest BCUT2D eigenvalue weighted by Crippen LogP contribution is 2.19. The SMILES string of the molecule is CN=C(NCCC1=CCCCC1)NCc1ccc(CS(C)(=O)=O)cc1.I. The molecule has 0 bridgehead atoms. The first kappa shape index (κ1) is 23.0. The minimum atomic E-state index is -2.99. The molecule has 0 aromatic heterocycles. The largest absolute Gasteiger partial charge is 0.356 e. The molecule has 1 aliphatic rings. The molecular formula is C19H30IN3O2S. The molecule has 5 nitrogen and oxygen atoms in total. The Morgan fingerprint density at radius 3 is 2.38 bits per heavy atom. The maximum atomic E-state index is 11.3. The zero-order valence-electron chi connectivity index (χ0n) is 15.6. The molecule has 26 heavy (non-hydrogen) atoms. The average Bonchev–Trinajstić information content (AvgIpc) is 2.59. The molecule has 0 atom stereocenters. The fourth-order valence-electron chi connectivity index (χ4n) is 2.94. The molecule has 1 aliphatic carbocycles. The maximum Gasteiger partial charge on any atom is 0.191 e. The molecule has 0 amide bonds. The van der Waals surface area contributed by atoms with E-state index in [9.17, 15) is 8.42 Å². The summed E-state index contributed by atoms with van der Waals surface area (Å²) in [6.07, 6.45) is 9.78. The molecule has 1 aromatic rings. The first-order valence-corrected chi connectivity index (χ1v) is 10.9. The van der Waals surface area contributed by atoms with Crippen LogP contribution in [0.4, 0.5) is 0 Å². The number of aliphatic imine (C=N–C) groups is 1. The van der Waals surface area contributed by atoms with Gasteiger partial charge < -0.3 is 10.6 Å². The van der Waals surface area contributed by atoms with Gasteiger partial charge in [0.15, 0.2) is 15.8 Å². The summed E-state index contributed by atoms with van der Waals surface area (Å²) in [7, 11) is -1.22. The summed E-state index contributed by atoms with van der Waals surface area (Å²) in [6, 6.07) is 7.63. The quantitative estimate of drug-likeness (QED) is 0.266. The van der Waals surface area contributed by atoms with E-state index in [0.717, 1.165) is 30.1 Å². The van der Waals surface area contributed by atoms with E-state index in [1.165, 1.54) is 31.9 Å². The van der Waals surface area contributed by atoms with Crippen molar-refractivity contribution in [3.05, 3.63) is 47.0 Å². The minimum absolute atomic E-state index is 0. The number of rotatable bonds is 7. The van der Waals surface area contributed by atoms with E-state index in [2.05, 4.69) is 21.7 Å². The molecule has 1 aromatic carbocycles. The number of nitrogens with zero attached hydrogens (tertiary/aromatic N) is 1. The second-order valence-corrected chi connectivity index (χ2v) is 8.74. The van der Waals surface area contributed by atoms with Gasteiger partial charge in [-0.25, -0.2) is 8.42 Å². The van der Waals surface area contributed by atoms with Crippen LogP contribution in [-0.2, 0) is 22.1 Å². The lowest BCUT2D eigenvalue weighted by Gasteiger charge is -2.15. The fourth-order valence-corrected chi connectivity index (χ4v) is 3.73. The zero-order valence-corrected chi connectivity index (χ0v) is 18.8. The lowest BCUT2D eigenvalue weighted by Crippen LogP contribution is -2.37. The molecule has 146 valence electrons. The van der Waals surface area contributed by atoms with Crippen LogP contribution < -0.4 is 10.6 Å². The van der Waals surface area contributed by atoms with Crippen molar-refractivity contribution in [1.29, 1.82) is 0 Å². The molecule has 0 saturated carbocycles. The molecule has 0 unspecified atom stereocenters. The van der Waals surface area contributed by atoms with E-state index in [-0.39, 0.29) is 29.7 Å². The third kappa shape index (κ3) is 9.02. The first-order chi connectivity index (χ1) is 12.0. The smallest absolute Gasteiger partial charge is 0.191 e. The second kappa shape index (κ2) is 11.6. The zero-order chi connectivity index (χ0) is 18.1. The molecule has 0 radical (unpaired) electrons. The monoisotopic (exact) mass is 491 g/mol. The van der Waals surface area contributed by atoms with Crippen LogP contribution in [0.15, 0.2) is 40.9 Å². The van der Waals surface area contributed by atoms with Gasteiger partial charge in [-0.05, 0) is 43.2 Å². The van der Waals surface area contributed by atoms with Gasteiger partial charge in [0.2, 0.25) is 0 Å². The van der Waals surface area contributed by atoms with E-state index in [4.69, 9.17) is 0 Å². The van der Waals surface area contributed by atoms with Gasteiger partial charge in [0, 0.05) is 26.4 Å². The minimum Gasteiger partial charge on any atom is -0.356 e. The van der Waals surface area contributed by atoms with Crippen LogP contribution in [0, 0.1) is 0 Å². The van der Waals surface area contributed by atoms with Gasteiger partial charge in [0.25, 0.3) is 0 Å². The predicted molar refractivity (Wildman–Crippen MR) is 120 cm³/mol. The van der Waals surface area contributed by atoms with Gasteiger partial charge in [0.1, 0.15) is 0 Å². The summed E-state index contributed by atoms with van der Waals surface area (Å²) >= 11 is 0. The van der Waals surface area contributed by atoms with Crippen molar-refractivity contribution in [3.63, 3.8) is 0 Å². The fraction of sp³-hybridized carbons (Fsp3) is 0.526. The van der Waals surface area contributed by atoms with Gasteiger partial charge in [-0.15, -0.1) is 24.0 Å². The number of hydrogen-bond acceptors (Lipinski definition) is 3. The van der Waals surface area contributed by atoms with Crippen LogP contribution in [0.25, 0.3) is 0 Å². The Kier molecular flexibility index (Phi) is 10.2. The molecule has 0 heterocycles. The number of guanidine groups is 1. The third-order valence-electron chi connectivity index (χ3n) is 4.26. The lowest BCUT2D eigenvalue weighted by atomic mass is 9.97. The second-order valence-electron chi connectivity index (χ2n) is 6.60. The van der Waals surface area contributed by atoms with E-state index < -0.39 is 9.84 Å². The summed E-state index contributed by atoms with van der Waals surface area (Å²) in [6.45, 7) is 1.54. The molecular weight excluding hydrogens is 461 g/mol. The highest BCUT2D eigenvalue weighted by molar-refractivity contribution is 14.0. The van der Waals surface area contributed by atoms with Gasteiger partial charge in [-0.3, -0.25) is 4.99 Å². The Labute approximate surface area is 174 Å². The Balaban J connectivity index is 0.00000338. The van der Waals surface area contributed by atoms with Crippen molar-refractivity contribution in [1.82, 2.24) is 10.6 Å². The molecule has 0 fully saturated rings. The summed E-state index contributed by atoms with van der Waals surface area (Å²) < 4.78 is 22.6. The van der Waals surface area contributed by atoms with Gasteiger partial charge >= 0.3 is 0 Å². The van der Waals surface area contributed by atoms with Crippen LogP contribution in [0.2, 0.25) is 0 Å². The maximum absolute atomic E-state index is 11.3. The number of benzene rings is 1. The topological polar surface area (TPSA) is 70.6 Å². The Bertz CT molecular complexity index is 713. The van der Waals surface area contributed by atoms with Gasteiger partial charge in [0.05, 0.1) is 5.75 Å². The Morgan fingerprint density at radius 2 is 1.81 bits per heavy atom. The molecule has 2 N–H and O–H groups in total. The van der Waals surface area contributed by atoms with E-state index in [0.29, 0.717) is 6.54 Å². The highest BCUT2D eigenvalue weighted by atomic mass is 127. The molecule has 0 aliphatic heterocycles. The number of allylic oxidation sites excluding steroid dienone is 1. The van der Waals surface area contributed by atoms with Gasteiger partial charge in [-0.1, -0.05) is 35.9 Å². The summed E-state index contributed by atoms with van der Waals surface area (Å²) in [5.74, 6) is 0.872. The van der Waals surface area contributed by atoms with Crippen molar-refractivity contribution >= 4 is 39.8 Å². The molecule has 0 spiro atoms. The first-order valence-electron chi connectivity index (χ1n) is 8.84. The van der Waals surface area contributed by atoms with Crippen molar-refractivity contribution in [2.75, 3.05) is 19.8 Å². The lowest BCUT2D eigenvalue weighted by molar-refractivity contribution is 0.601.